The van der Waals surface area contributed by atoms with Gasteiger partial charge in [-0.15, -0.1) is 0 Å². The van der Waals surface area contributed by atoms with E-state index in [2.05, 4.69) is 44.9 Å². The van der Waals surface area contributed by atoms with E-state index >= 15 is 0 Å². The molecule has 0 fully saturated rings. The zero-order valence-electron chi connectivity index (χ0n) is 13.3. The zero-order chi connectivity index (χ0) is 14.3. The van der Waals surface area contributed by atoms with Gasteiger partial charge in [0.15, 0.2) is 5.89 Å². The third kappa shape index (κ3) is 7.36. The van der Waals surface area contributed by atoms with E-state index in [0.717, 1.165) is 37.6 Å². The van der Waals surface area contributed by atoms with Crippen LogP contribution in [0.15, 0.2) is 10.6 Å². The fourth-order valence-electron chi connectivity index (χ4n) is 2.52. The van der Waals surface area contributed by atoms with Crippen molar-refractivity contribution in [3.05, 3.63) is 17.8 Å². The first-order chi connectivity index (χ1) is 8.90. The lowest BCUT2D eigenvalue weighted by Crippen LogP contribution is -2.17. The van der Waals surface area contributed by atoms with Crippen LogP contribution >= 0.6 is 0 Å². The molecule has 1 unspecified atom stereocenters. The molecular formula is C16H30N2O. The molecule has 1 rings (SSSR count). The van der Waals surface area contributed by atoms with Crippen molar-refractivity contribution >= 4 is 0 Å². The lowest BCUT2D eigenvalue weighted by atomic mass is 9.84. The van der Waals surface area contributed by atoms with Crippen LogP contribution in [-0.4, -0.2) is 18.1 Å². The molecule has 3 nitrogen and oxygen atoms in total. The Bertz CT molecular complexity index is 352. The number of hydrogen-bond acceptors (Lipinski definition) is 3. The maximum absolute atomic E-state index is 5.80. The quantitative estimate of drug-likeness (QED) is 0.727. The predicted molar refractivity (Wildman–Crippen MR) is 80.3 cm³/mol. The van der Waals surface area contributed by atoms with Gasteiger partial charge in [0.1, 0.15) is 5.76 Å². The van der Waals surface area contributed by atoms with Crippen LogP contribution < -0.4 is 5.32 Å². The topological polar surface area (TPSA) is 38.1 Å². The van der Waals surface area contributed by atoms with Gasteiger partial charge in [-0.2, -0.15) is 0 Å². The van der Waals surface area contributed by atoms with Gasteiger partial charge < -0.3 is 9.73 Å². The van der Waals surface area contributed by atoms with Gasteiger partial charge >= 0.3 is 0 Å². The maximum atomic E-state index is 5.80. The molecule has 1 atom stereocenters. The lowest BCUT2D eigenvalue weighted by molar-refractivity contribution is 0.294. The van der Waals surface area contributed by atoms with Crippen molar-refractivity contribution in [3.63, 3.8) is 0 Å². The molecule has 1 N–H and O–H groups in total. The van der Waals surface area contributed by atoms with Gasteiger partial charge in [0, 0.05) is 19.4 Å². The summed E-state index contributed by atoms with van der Waals surface area (Å²) in [5.74, 6) is 2.53. The fraction of sp³-hybridized carbons (Fsp3) is 0.812. The van der Waals surface area contributed by atoms with E-state index in [-0.39, 0.29) is 0 Å². The molecule has 0 aliphatic heterocycles. The number of nitrogens with one attached hydrogen (secondary N) is 1. The molecule has 19 heavy (non-hydrogen) atoms. The van der Waals surface area contributed by atoms with Crippen LogP contribution in [0.5, 0.6) is 0 Å². The van der Waals surface area contributed by atoms with Crippen molar-refractivity contribution < 1.29 is 4.42 Å². The third-order valence-corrected chi connectivity index (χ3v) is 3.05. The molecule has 0 radical (unpaired) electrons. The molecule has 0 bridgehead atoms. The SMILES string of the molecule is CCCNCCc1ncc(CC(C)CC(C)(C)C)o1. The highest BCUT2D eigenvalue weighted by Crippen LogP contribution is 2.26. The summed E-state index contributed by atoms with van der Waals surface area (Å²) in [6, 6.07) is 0. The first-order valence-corrected chi connectivity index (χ1v) is 7.55. The molecule has 0 saturated carbocycles. The summed E-state index contributed by atoms with van der Waals surface area (Å²) in [5, 5.41) is 3.36. The molecule has 3 heteroatoms. The van der Waals surface area contributed by atoms with E-state index in [9.17, 15) is 0 Å². The largest absolute Gasteiger partial charge is 0.446 e. The molecule has 0 saturated heterocycles. The Labute approximate surface area is 118 Å². The summed E-state index contributed by atoms with van der Waals surface area (Å²) in [7, 11) is 0. The summed E-state index contributed by atoms with van der Waals surface area (Å²) < 4.78 is 5.80. The monoisotopic (exact) mass is 266 g/mol. The van der Waals surface area contributed by atoms with Gasteiger partial charge in [-0.3, -0.25) is 0 Å². The molecule has 0 aromatic carbocycles. The van der Waals surface area contributed by atoms with E-state index in [0.29, 0.717) is 11.3 Å². The van der Waals surface area contributed by atoms with Crippen LogP contribution in [0.25, 0.3) is 0 Å². The summed E-state index contributed by atoms with van der Waals surface area (Å²) in [6.07, 6.45) is 6.15. The normalized spacial score (nSPS) is 13.7. The van der Waals surface area contributed by atoms with Crippen LogP contribution in [0.1, 0.15) is 59.1 Å². The Morgan fingerprint density at radius 2 is 2.05 bits per heavy atom. The highest BCUT2D eigenvalue weighted by Gasteiger charge is 2.17. The van der Waals surface area contributed by atoms with Crippen LogP contribution in [0.3, 0.4) is 0 Å². The second-order valence-electron chi connectivity index (χ2n) is 6.79. The highest BCUT2D eigenvalue weighted by atomic mass is 16.4. The van der Waals surface area contributed by atoms with E-state index in [1.165, 1.54) is 12.8 Å². The summed E-state index contributed by atoms with van der Waals surface area (Å²) in [4.78, 5) is 4.36. The highest BCUT2D eigenvalue weighted by molar-refractivity contribution is 4.96. The molecule has 1 heterocycles. The van der Waals surface area contributed by atoms with Crippen LogP contribution in [0, 0.1) is 11.3 Å². The Kier molecular flexibility index (Phi) is 6.56. The van der Waals surface area contributed by atoms with Crippen molar-refractivity contribution in [2.24, 2.45) is 11.3 Å². The van der Waals surface area contributed by atoms with Crippen molar-refractivity contribution in [2.45, 2.75) is 60.3 Å². The molecule has 0 amide bonds. The molecule has 0 spiro atoms. The maximum Gasteiger partial charge on any atom is 0.195 e. The molecule has 0 aliphatic carbocycles. The molecular weight excluding hydrogens is 236 g/mol. The smallest absolute Gasteiger partial charge is 0.195 e. The minimum Gasteiger partial charge on any atom is -0.446 e. The minimum atomic E-state index is 0.381. The zero-order valence-corrected chi connectivity index (χ0v) is 13.3. The number of nitrogens with zero attached hydrogens (tertiary/aromatic N) is 1. The summed E-state index contributed by atoms with van der Waals surface area (Å²) >= 11 is 0. The van der Waals surface area contributed by atoms with Crippen LogP contribution in [-0.2, 0) is 12.8 Å². The second-order valence-corrected chi connectivity index (χ2v) is 6.79. The predicted octanol–water partition coefficient (Wildman–Crippen LogP) is 3.83. The van der Waals surface area contributed by atoms with Gasteiger partial charge in [-0.25, -0.2) is 4.98 Å². The number of oxazole rings is 1. The second kappa shape index (κ2) is 7.68. The lowest BCUT2D eigenvalue weighted by Gasteiger charge is -2.22. The Balaban J connectivity index is 2.33. The Hall–Kier alpha value is -0.830. The van der Waals surface area contributed by atoms with Crippen molar-refractivity contribution in [1.29, 1.82) is 0 Å². The number of rotatable bonds is 8. The van der Waals surface area contributed by atoms with E-state index < -0.39 is 0 Å². The Morgan fingerprint density at radius 3 is 2.68 bits per heavy atom. The van der Waals surface area contributed by atoms with Crippen molar-refractivity contribution in [3.8, 4) is 0 Å². The van der Waals surface area contributed by atoms with Crippen molar-refractivity contribution in [1.82, 2.24) is 10.3 Å². The Morgan fingerprint density at radius 1 is 1.32 bits per heavy atom. The van der Waals surface area contributed by atoms with Gasteiger partial charge in [-0.05, 0) is 30.7 Å². The molecule has 1 aromatic rings. The third-order valence-electron chi connectivity index (χ3n) is 3.05. The summed E-state index contributed by atoms with van der Waals surface area (Å²) in [6.45, 7) is 13.3. The molecule has 1 aromatic heterocycles. The number of aromatic nitrogens is 1. The standard InChI is InChI=1S/C16H30N2O/c1-6-8-17-9-7-15-18-12-14(19-15)10-13(2)11-16(3,4)5/h12-13,17H,6-11H2,1-5H3. The first-order valence-electron chi connectivity index (χ1n) is 7.55. The average molecular weight is 266 g/mol. The molecule has 110 valence electrons. The van der Waals surface area contributed by atoms with Crippen molar-refractivity contribution in [2.75, 3.05) is 13.1 Å². The van der Waals surface area contributed by atoms with Crippen LogP contribution in [0.2, 0.25) is 0 Å². The minimum absolute atomic E-state index is 0.381. The fourth-order valence-corrected chi connectivity index (χ4v) is 2.52. The molecule has 0 aliphatic rings. The average Bonchev–Trinajstić information content (AvgIpc) is 2.69. The van der Waals surface area contributed by atoms with Gasteiger partial charge in [0.2, 0.25) is 0 Å². The van der Waals surface area contributed by atoms with Gasteiger partial charge in [0.05, 0.1) is 6.20 Å². The van der Waals surface area contributed by atoms with E-state index in [4.69, 9.17) is 4.42 Å². The van der Waals surface area contributed by atoms with E-state index in [1.807, 2.05) is 6.20 Å². The summed E-state index contributed by atoms with van der Waals surface area (Å²) in [5.41, 5.74) is 0.381. The number of hydrogen-bond donors (Lipinski definition) is 1. The van der Waals surface area contributed by atoms with Crippen LogP contribution in [0.4, 0.5) is 0 Å². The first kappa shape index (κ1) is 16.2. The van der Waals surface area contributed by atoms with Gasteiger partial charge in [-0.1, -0.05) is 34.6 Å². The van der Waals surface area contributed by atoms with Gasteiger partial charge in [0.25, 0.3) is 0 Å². The van der Waals surface area contributed by atoms with E-state index in [1.54, 1.807) is 0 Å².